The van der Waals surface area contributed by atoms with E-state index in [1.165, 1.54) is 6.07 Å². The number of thioether (sulfide) groups is 1. The van der Waals surface area contributed by atoms with Gasteiger partial charge in [0.05, 0.1) is 17.9 Å². The molecule has 2 aromatic carbocycles. The Hall–Kier alpha value is -2.08. The van der Waals surface area contributed by atoms with E-state index < -0.39 is 11.6 Å². The number of benzene rings is 2. The van der Waals surface area contributed by atoms with Gasteiger partial charge in [-0.05, 0) is 24.3 Å². The largest absolute Gasteiger partial charge is 0.360 e. The van der Waals surface area contributed by atoms with Crippen LogP contribution in [-0.4, -0.2) is 24.7 Å². The molecule has 22 heavy (non-hydrogen) atoms. The lowest BCUT2D eigenvalue weighted by Crippen LogP contribution is -2.36. The van der Waals surface area contributed by atoms with Crippen molar-refractivity contribution in [2.75, 3.05) is 29.1 Å². The summed E-state index contributed by atoms with van der Waals surface area (Å²) in [7, 11) is 0. The first kappa shape index (κ1) is 14.8. The first-order valence-corrected chi connectivity index (χ1v) is 7.84. The number of para-hydroxylation sites is 1. The van der Waals surface area contributed by atoms with Crippen molar-refractivity contribution in [3.05, 3.63) is 54.1 Å². The van der Waals surface area contributed by atoms with Crippen LogP contribution < -0.4 is 10.2 Å². The number of nitrogens with zero attached hydrogens (tertiary/aromatic N) is 1. The van der Waals surface area contributed by atoms with Gasteiger partial charge < -0.3 is 10.2 Å². The average Bonchev–Trinajstić information content (AvgIpc) is 2.50. The molecule has 0 fully saturated rings. The second kappa shape index (κ2) is 6.36. The second-order valence-corrected chi connectivity index (χ2v) is 6.05. The topological polar surface area (TPSA) is 32.3 Å². The average molecular weight is 320 g/mol. The molecule has 0 aliphatic carbocycles. The van der Waals surface area contributed by atoms with E-state index in [-0.39, 0.29) is 18.1 Å². The normalized spacial score (nSPS) is 13.6. The number of carbonyl (C=O) groups excluding carboxylic acids is 1. The highest BCUT2D eigenvalue weighted by atomic mass is 32.2. The van der Waals surface area contributed by atoms with Gasteiger partial charge in [0.25, 0.3) is 0 Å². The first-order valence-electron chi connectivity index (χ1n) is 6.85. The summed E-state index contributed by atoms with van der Waals surface area (Å²) in [5.41, 5.74) is 1.000. The van der Waals surface area contributed by atoms with Crippen LogP contribution in [0.15, 0.2) is 47.4 Å². The molecule has 6 heteroatoms. The number of hydrogen-bond acceptors (Lipinski definition) is 3. The monoisotopic (exact) mass is 320 g/mol. The lowest BCUT2D eigenvalue weighted by Gasteiger charge is -2.30. The minimum Gasteiger partial charge on any atom is -0.360 e. The Bertz CT molecular complexity index is 708. The van der Waals surface area contributed by atoms with Crippen molar-refractivity contribution in [1.29, 1.82) is 0 Å². The van der Waals surface area contributed by atoms with Gasteiger partial charge in [0, 0.05) is 23.3 Å². The predicted molar refractivity (Wildman–Crippen MR) is 84.4 cm³/mol. The number of fused-ring (bicyclic) bond motifs is 1. The highest BCUT2D eigenvalue weighted by Crippen LogP contribution is 2.34. The summed E-state index contributed by atoms with van der Waals surface area (Å²) in [5, 5.41) is 2.49. The number of anilines is 2. The summed E-state index contributed by atoms with van der Waals surface area (Å²) in [6.07, 6.45) is 0. The van der Waals surface area contributed by atoms with Gasteiger partial charge in [-0.25, -0.2) is 8.78 Å². The van der Waals surface area contributed by atoms with Gasteiger partial charge in [0.2, 0.25) is 5.91 Å². The lowest BCUT2D eigenvalue weighted by atomic mass is 10.2. The molecule has 1 amide bonds. The van der Waals surface area contributed by atoms with Crippen molar-refractivity contribution in [2.45, 2.75) is 4.90 Å². The fraction of sp³-hybridized carbons (Fsp3) is 0.188. The van der Waals surface area contributed by atoms with Crippen LogP contribution in [0.5, 0.6) is 0 Å². The Morgan fingerprint density at radius 3 is 2.86 bits per heavy atom. The number of nitrogens with one attached hydrogen (secondary N) is 1. The molecule has 0 aromatic heterocycles. The molecule has 1 heterocycles. The van der Waals surface area contributed by atoms with Gasteiger partial charge in [-0.3, -0.25) is 4.79 Å². The molecule has 0 spiro atoms. The first-order chi connectivity index (χ1) is 10.6. The Labute approximate surface area is 131 Å². The zero-order valence-corrected chi connectivity index (χ0v) is 12.5. The van der Waals surface area contributed by atoms with Gasteiger partial charge in [0.15, 0.2) is 0 Å². The minimum absolute atomic E-state index is 0.00827. The molecule has 3 nitrogen and oxygen atoms in total. The van der Waals surface area contributed by atoms with Gasteiger partial charge in [0.1, 0.15) is 11.6 Å². The maximum absolute atomic E-state index is 13.6. The Balaban J connectivity index is 1.70. The van der Waals surface area contributed by atoms with E-state index in [1.807, 2.05) is 29.2 Å². The SMILES string of the molecule is O=C(CN1CCSc2ccccc21)Nc1ccc(F)cc1F. The predicted octanol–water partition coefficient (Wildman–Crippen LogP) is 3.52. The van der Waals surface area contributed by atoms with E-state index in [0.717, 1.165) is 35.0 Å². The summed E-state index contributed by atoms with van der Waals surface area (Å²) >= 11 is 1.75. The molecule has 0 saturated carbocycles. The molecule has 0 bridgehead atoms. The highest BCUT2D eigenvalue weighted by molar-refractivity contribution is 7.99. The third kappa shape index (κ3) is 3.22. The van der Waals surface area contributed by atoms with Gasteiger partial charge in [-0.1, -0.05) is 12.1 Å². The van der Waals surface area contributed by atoms with Crippen molar-refractivity contribution < 1.29 is 13.6 Å². The van der Waals surface area contributed by atoms with Crippen molar-refractivity contribution in [2.24, 2.45) is 0 Å². The summed E-state index contributed by atoms with van der Waals surface area (Å²) in [6.45, 7) is 0.884. The van der Waals surface area contributed by atoms with Crippen LogP contribution in [0.4, 0.5) is 20.2 Å². The van der Waals surface area contributed by atoms with Crippen molar-refractivity contribution in [1.82, 2.24) is 0 Å². The van der Waals surface area contributed by atoms with Crippen molar-refractivity contribution in [3.63, 3.8) is 0 Å². The van der Waals surface area contributed by atoms with Gasteiger partial charge >= 0.3 is 0 Å². The Morgan fingerprint density at radius 1 is 1.23 bits per heavy atom. The smallest absolute Gasteiger partial charge is 0.243 e. The van der Waals surface area contributed by atoms with Crippen LogP contribution in [0.1, 0.15) is 0 Å². The highest BCUT2D eigenvalue weighted by Gasteiger charge is 2.19. The molecule has 2 aromatic rings. The molecule has 1 N–H and O–H groups in total. The van der Waals surface area contributed by atoms with E-state index in [1.54, 1.807) is 11.8 Å². The molecule has 0 atom stereocenters. The van der Waals surface area contributed by atoms with Crippen molar-refractivity contribution >= 4 is 29.0 Å². The Morgan fingerprint density at radius 2 is 2.05 bits per heavy atom. The van der Waals surface area contributed by atoms with E-state index in [4.69, 9.17) is 0 Å². The standard InChI is InChI=1S/C16H14F2N2OS/c17-11-5-6-13(12(18)9-11)19-16(21)10-20-7-8-22-15-4-2-1-3-14(15)20/h1-6,9H,7-8,10H2,(H,19,21). The van der Waals surface area contributed by atoms with Gasteiger partial charge in [-0.2, -0.15) is 0 Å². The van der Waals surface area contributed by atoms with E-state index >= 15 is 0 Å². The minimum atomic E-state index is -0.775. The maximum Gasteiger partial charge on any atom is 0.243 e. The molecule has 0 saturated heterocycles. The van der Waals surface area contributed by atoms with Crippen LogP contribution in [-0.2, 0) is 4.79 Å². The van der Waals surface area contributed by atoms with E-state index in [0.29, 0.717) is 0 Å². The molecule has 3 rings (SSSR count). The van der Waals surface area contributed by atoms with Gasteiger partial charge in [-0.15, -0.1) is 11.8 Å². The molecular formula is C16H14F2N2OS. The molecule has 1 aliphatic rings. The number of halogens is 2. The summed E-state index contributed by atoms with van der Waals surface area (Å²) in [6, 6.07) is 11.0. The van der Waals surface area contributed by atoms with E-state index in [9.17, 15) is 13.6 Å². The molecule has 0 radical (unpaired) electrons. The number of carbonyl (C=O) groups is 1. The summed E-state index contributed by atoms with van der Waals surface area (Å²) in [5.74, 6) is -0.873. The summed E-state index contributed by atoms with van der Waals surface area (Å²) < 4.78 is 26.4. The third-order valence-corrected chi connectivity index (χ3v) is 4.41. The fourth-order valence-corrected chi connectivity index (χ4v) is 3.40. The van der Waals surface area contributed by atoms with E-state index in [2.05, 4.69) is 5.32 Å². The summed E-state index contributed by atoms with van der Waals surface area (Å²) in [4.78, 5) is 15.2. The van der Waals surface area contributed by atoms with Crippen LogP contribution in [0.25, 0.3) is 0 Å². The van der Waals surface area contributed by atoms with Crippen LogP contribution in [0.3, 0.4) is 0 Å². The zero-order chi connectivity index (χ0) is 15.5. The second-order valence-electron chi connectivity index (χ2n) is 4.91. The van der Waals surface area contributed by atoms with Crippen LogP contribution in [0.2, 0.25) is 0 Å². The van der Waals surface area contributed by atoms with Crippen molar-refractivity contribution in [3.8, 4) is 0 Å². The lowest BCUT2D eigenvalue weighted by molar-refractivity contribution is -0.115. The van der Waals surface area contributed by atoms with Crippen LogP contribution in [0, 0.1) is 11.6 Å². The number of hydrogen-bond donors (Lipinski definition) is 1. The number of amides is 1. The molecule has 0 unspecified atom stereocenters. The molecule has 114 valence electrons. The fourth-order valence-electron chi connectivity index (χ4n) is 2.34. The molecule has 1 aliphatic heterocycles. The zero-order valence-electron chi connectivity index (χ0n) is 11.7. The third-order valence-electron chi connectivity index (χ3n) is 3.36. The van der Waals surface area contributed by atoms with Crippen LogP contribution >= 0.6 is 11.8 Å². The Kier molecular flexibility index (Phi) is 4.29. The quantitative estimate of drug-likeness (QED) is 0.939. The number of rotatable bonds is 3. The maximum atomic E-state index is 13.6. The molecular weight excluding hydrogens is 306 g/mol.